The van der Waals surface area contributed by atoms with Gasteiger partial charge in [0.1, 0.15) is 0 Å². The van der Waals surface area contributed by atoms with E-state index in [0.29, 0.717) is 15.6 Å². The van der Waals surface area contributed by atoms with E-state index < -0.39 is 10.0 Å². The summed E-state index contributed by atoms with van der Waals surface area (Å²) in [6.45, 7) is 8.30. The molecule has 1 fully saturated rings. The molecule has 1 saturated heterocycles. The van der Waals surface area contributed by atoms with Crippen LogP contribution in [-0.4, -0.2) is 39.6 Å². The van der Waals surface area contributed by atoms with Crippen LogP contribution in [0.15, 0.2) is 58.8 Å². The summed E-state index contributed by atoms with van der Waals surface area (Å²) in [5.41, 5.74) is 3.63. The molecule has 1 aromatic heterocycles. The number of halogens is 1. The Morgan fingerprint density at radius 2 is 1.69 bits per heavy atom. The summed E-state index contributed by atoms with van der Waals surface area (Å²) in [6, 6.07) is 14.5. The first kappa shape index (κ1) is 23.3. The van der Waals surface area contributed by atoms with E-state index in [9.17, 15) is 8.42 Å². The van der Waals surface area contributed by atoms with Crippen molar-refractivity contribution in [3.8, 4) is 0 Å². The van der Waals surface area contributed by atoms with Crippen LogP contribution in [0.4, 0.5) is 5.69 Å². The Labute approximate surface area is 199 Å². The number of thiophene rings is 1. The number of sulfonamides is 1. The summed E-state index contributed by atoms with van der Waals surface area (Å²) in [6.07, 6.45) is 0. The highest BCUT2D eigenvalue weighted by molar-refractivity contribution is 7.92. The van der Waals surface area contributed by atoms with E-state index in [1.54, 1.807) is 47.7 Å². The molecule has 8 heteroatoms. The third-order valence-electron chi connectivity index (χ3n) is 5.42. The quantitative estimate of drug-likeness (QED) is 0.454. The lowest BCUT2D eigenvalue weighted by Gasteiger charge is -2.26. The number of benzene rings is 2. The average molecular weight is 491 g/mol. The van der Waals surface area contributed by atoms with Crippen molar-refractivity contribution in [3.63, 3.8) is 0 Å². The summed E-state index contributed by atoms with van der Waals surface area (Å²) in [4.78, 5) is 3.66. The number of rotatable bonds is 7. The van der Waals surface area contributed by atoms with Crippen molar-refractivity contribution in [2.45, 2.75) is 31.8 Å². The van der Waals surface area contributed by atoms with E-state index >= 15 is 0 Å². The minimum atomic E-state index is -3.76. The van der Waals surface area contributed by atoms with Gasteiger partial charge in [0.15, 0.2) is 0 Å². The Morgan fingerprint density at radius 1 is 1.03 bits per heavy atom. The number of ether oxygens (including phenoxy) is 1. The molecule has 32 heavy (non-hydrogen) atoms. The van der Waals surface area contributed by atoms with E-state index in [1.807, 2.05) is 19.9 Å². The van der Waals surface area contributed by atoms with Crippen molar-refractivity contribution < 1.29 is 13.2 Å². The Kier molecular flexibility index (Phi) is 7.22. The highest BCUT2D eigenvalue weighted by Gasteiger charge is 2.26. The van der Waals surface area contributed by atoms with Gasteiger partial charge in [-0.3, -0.25) is 9.21 Å². The van der Waals surface area contributed by atoms with Crippen molar-refractivity contribution in [1.29, 1.82) is 0 Å². The van der Waals surface area contributed by atoms with Crippen molar-refractivity contribution in [3.05, 3.63) is 80.5 Å². The summed E-state index contributed by atoms with van der Waals surface area (Å²) in [5, 5.41) is 2.69. The summed E-state index contributed by atoms with van der Waals surface area (Å²) in [7, 11) is -3.76. The van der Waals surface area contributed by atoms with Gasteiger partial charge in [0, 0.05) is 29.5 Å². The zero-order valence-corrected chi connectivity index (χ0v) is 20.6. The molecule has 170 valence electrons. The van der Waals surface area contributed by atoms with E-state index in [1.165, 1.54) is 9.87 Å². The van der Waals surface area contributed by atoms with Crippen LogP contribution in [0.5, 0.6) is 0 Å². The van der Waals surface area contributed by atoms with E-state index in [2.05, 4.69) is 16.3 Å². The molecule has 5 nitrogen and oxygen atoms in total. The van der Waals surface area contributed by atoms with Crippen LogP contribution in [0.25, 0.3) is 0 Å². The highest BCUT2D eigenvalue weighted by atomic mass is 35.5. The first-order valence-corrected chi connectivity index (χ1v) is 13.2. The minimum Gasteiger partial charge on any atom is -0.379 e. The maximum absolute atomic E-state index is 13.7. The smallest absolute Gasteiger partial charge is 0.264 e. The molecule has 0 N–H and O–H groups in total. The van der Waals surface area contributed by atoms with Gasteiger partial charge in [-0.1, -0.05) is 17.7 Å². The van der Waals surface area contributed by atoms with Crippen LogP contribution in [0.1, 0.15) is 21.6 Å². The minimum absolute atomic E-state index is 0.269. The number of anilines is 1. The summed E-state index contributed by atoms with van der Waals surface area (Å²) < 4.78 is 34.4. The number of aryl methyl sites for hydroxylation is 2. The fraction of sp³-hybridized carbons (Fsp3) is 0.333. The Morgan fingerprint density at radius 3 is 2.34 bits per heavy atom. The maximum atomic E-state index is 13.7. The van der Waals surface area contributed by atoms with Crippen molar-refractivity contribution in [1.82, 2.24) is 4.90 Å². The van der Waals surface area contributed by atoms with Gasteiger partial charge in [-0.2, -0.15) is 0 Å². The summed E-state index contributed by atoms with van der Waals surface area (Å²) in [5.74, 6) is 0. The second kappa shape index (κ2) is 9.93. The van der Waals surface area contributed by atoms with Crippen LogP contribution < -0.4 is 4.31 Å². The highest BCUT2D eigenvalue weighted by Crippen LogP contribution is 2.30. The van der Waals surface area contributed by atoms with Gasteiger partial charge >= 0.3 is 0 Å². The van der Waals surface area contributed by atoms with E-state index in [4.69, 9.17) is 16.3 Å². The van der Waals surface area contributed by atoms with Crippen LogP contribution in [0.3, 0.4) is 0 Å². The lowest BCUT2D eigenvalue weighted by molar-refractivity contribution is 0.0342. The SMILES string of the molecule is Cc1cc(C)cc(S(=O)(=O)N(Cc2cc(CN3CCOCC3)cs2)c2ccc(Cl)cc2)c1. The molecule has 3 aromatic rings. The topological polar surface area (TPSA) is 49.9 Å². The number of hydrogen-bond acceptors (Lipinski definition) is 5. The molecule has 0 unspecified atom stereocenters. The molecule has 0 radical (unpaired) electrons. The van der Waals surface area contributed by atoms with Crippen molar-refractivity contribution in [2.24, 2.45) is 0 Å². The molecule has 0 saturated carbocycles. The lowest BCUT2D eigenvalue weighted by atomic mass is 10.2. The van der Waals surface area contributed by atoms with E-state index in [0.717, 1.165) is 48.9 Å². The fourth-order valence-corrected chi connectivity index (χ4v) is 6.59. The molecule has 1 aliphatic rings. The molecule has 0 aliphatic carbocycles. The third-order valence-corrected chi connectivity index (χ3v) is 8.39. The Bertz CT molecular complexity index is 1150. The Balaban J connectivity index is 1.64. The molecule has 2 aromatic carbocycles. The number of hydrogen-bond donors (Lipinski definition) is 0. The number of nitrogens with zero attached hydrogens (tertiary/aromatic N) is 2. The van der Waals surface area contributed by atoms with Crippen molar-refractivity contribution >= 4 is 38.6 Å². The zero-order valence-electron chi connectivity index (χ0n) is 18.3. The van der Waals surface area contributed by atoms with Crippen LogP contribution in [0, 0.1) is 13.8 Å². The molecular formula is C24H27ClN2O3S2. The second-order valence-corrected chi connectivity index (χ2v) is 11.4. The van der Waals surface area contributed by atoms with Crippen LogP contribution in [-0.2, 0) is 27.8 Å². The molecular weight excluding hydrogens is 464 g/mol. The van der Waals surface area contributed by atoms with Gasteiger partial charge in [-0.05, 0) is 78.4 Å². The molecule has 0 amide bonds. The molecule has 0 spiro atoms. The van der Waals surface area contributed by atoms with Gasteiger partial charge in [-0.15, -0.1) is 11.3 Å². The molecule has 1 aliphatic heterocycles. The monoisotopic (exact) mass is 490 g/mol. The fourth-order valence-electron chi connectivity index (χ4n) is 3.88. The van der Waals surface area contributed by atoms with Gasteiger partial charge < -0.3 is 4.74 Å². The van der Waals surface area contributed by atoms with Crippen molar-refractivity contribution in [2.75, 3.05) is 30.6 Å². The number of morpholine rings is 1. The van der Waals surface area contributed by atoms with Crippen LogP contribution >= 0.6 is 22.9 Å². The zero-order chi connectivity index (χ0) is 22.7. The molecule has 4 rings (SSSR count). The lowest BCUT2D eigenvalue weighted by Crippen LogP contribution is -2.35. The first-order chi connectivity index (χ1) is 15.3. The Hall–Kier alpha value is -1.90. The molecule has 2 heterocycles. The van der Waals surface area contributed by atoms with E-state index in [-0.39, 0.29) is 6.54 Å². The maximum Gasteiger partial charge on any atom is 0.264 e. The molecule has 0 atom stereocenters. The standard InChI is InChI=1S/C24H27ClN2O3S2/c1-18-11-19(2)13-24(12-18)32(28,29)27(22-5-3-21(25)4-6-22)16-23-14-20(17-31-23)15-26-7-9-30-10-8-26/h3-6,11-14,17H,7-10,15-16H2,1-2H3. The molecule has 0 bridgehead atoms. The predicted molar refractivity (Wildman–Crippen MR) is 131 cm³/mol. The van der Waals surface area contributed by atoms with Gasteiger partial charge in [0.2, 0.25) is 0 Å². The summed E-state index contributed by atoms with van der Waals surface area (Å²) >= 11 is 7.66. The second-order valence-electron chi connectivity index (χ2n) is 8.12. The first-order valence-electron chi connectivity index (χ1n) is 10.5. The average Bonchev–Trinajstić information content (AvgIpc) is 3.20. The van der Waals surface area contributed by atoms with Crippen LogP contribution in [0.2, 0.25) is 5.02 Å². The van der Waals surface area contributed by atoms with Gasteiger partial charge in [0.25, 0.3) is 10.0 Å². The predicted octanol–water partition coefficient (Wildman–Crippen LogP) is 5.25. The normalized spacial score (nSPS) is 15.1. The largest absolute Gasteiger partial charge is 0.379 e. The third kappa shape index (κ3) is 5.53. The van der Waals surface area contributed by atoms with Gasteiger partial charge in [0.05, 0.1) is 30.3 Å². The van der Waals surface area contributed by atoms with Gasteiger partial charge in [-0.25, -0.2) is 8.42 Å².